The van der Waals surface area contributed by atoms with Crippen LogP contribution in [0.25, 0.3) is 0 Å². The molecule has 1 heterocycles. The molecule has 0 aromatic heterocycles. The van der Waals surface area contributed by atoms with Gasteiger partial charge in [-0.3, -0.25) is 4.79 Å². The summed E-state index contributed by atoms with van der Waals surface area (Å²) < 4.78 is 58.1. The topological polar surface area (TPSA) is 90.7 Å². The highest BCUT2D eigenvalue weighted by molar-refractivity contribution is 7.90. The number of anilines is 1. The summed E-state index contributed by atoms with van der Waals surface area (Å²) >= 11 is 0. The molecule has 1 amide bonds. The largest absolute Gasteiger partial charge is 0.492 e. The molecule has 4 rings (SSSR count). The van der Waals surface area contributed by atoms with Gasteiger partial charge in [-0.15, -0.1) is 0 Å². The van der Waals surface area contributed by atoms with Crippen molar-refractivity contribution >= 4 is 21.4 Å². The van der Waals surface area contributed by atoms with Gasteiger partial charge in [0.25, 0.3) is 5.91 Å². The van der Waals surface area contributed by atoms with E-state index in [0.29, 0.717) is 37.1 Å². The Balaban J connectivity index is 1.51. The van der Waals surface area contributed by atoms with Gasteiger partial charge in [-0.05, 0) is 49.1 Å². The Morgan fingerprint density at radius 2 is 1.76 bits per heavy atom. The van der Waals surface area contributed by atoms with Crippen molar-refractivity contribution in [3.63, 3.8) is 0 Å². The van der Waals surface area contributed by atoms with Gasteiger partial charge < -0.3 is 14.5 Å². The number of amides is 1. The number of halogens is 2. The smallest absolute Gasteiger partial charge is 0.257 e. The average Bonchev–Trinajstić information content (AvgIpc) is 2.77. The van der Waals surface area contributed by atoms with Crippen molar-refractivity contribution in [2.75, 3.05) is 43.9 Å². The fourth-order valence-corrected chi connectivity index (χ4v) is 4.73. The molecule has 1 aliphatic carbocycles. The van der Waals surface area contributed by atoms with Crippen molar-refractivity contribution < 1.29 is 26.7 Å². The lowest BCUT2D eigenvalue weighted by Crippen LogP contribution is -2.49. The summed E-state index contributed by atoms with van der Waals surface area (Å²) in [6.07, 6.45) is 4.39. The molecule has 1 aliphatic heterocycles. The van der Waals surface area contributed by atoms with Crippen LogP contribution in [-0.4, -0.2) is 58.3 Å². The summed E-state index contributed by atoms with van der Waals surface area (Å²) in [5.74, 6) is -1.42. The Morgan fingerprint density at radius 1 is 1.12 bits per heavy atom. The third-order valence-electron chi connectivity index (χ3n) is 6.38. The van der Waals surface area contributed by atoms with E-state index < -0.39 is 27.0 Å². The Bertz CT molecular complexity index is 1220. The van der Waals surface area contributed by atoms with Gasteiger partial charge in [0.15, 0.2) is 9.84 Å². The molecular formula is C24H25F2N3O4S. The third kappa shape index (κ3) is 4.99. The summed E-state index contributed by atoms with van der Waals surface area (Å²) in [7, 11) is -3.52. The predicted molar refractivity (Wildman–Crippen MR) is 122 cm³/mol. The van der Waals surface area contributed by atoms with Crippen LogP contribution in [0.5, 0.6) is 5.75 Å². The number of ether oxygens (including phenoxy) is 1. The molecule has 1 saturated heterocycles. The molecule has 0 radical (unpaired) electrons. The van der Waals surface area contributed by atoms with Gasteiger partial charge in [-0.1, -0.05) is 6.42 Å². The first kappa shape index (κ1) is 24.0. The van der Waals surface area contributed by atoms with E-state index in [9.17, 15) is 22.0 Å². The van der Waals surface area contributed by atoms with Gasteiger partial charge in [-0.25, -0.2) is 17.2 Å². The number of hydrogen-bond acceptors (Lipinski definition) is 6. The lowest BCUT2D eigenvalue weighted by atomic mass is 9.86. The monoisotopic (exact) mass is 489 g/mol. The minimum Gasteiger partial charge on any atom is -0.492 e. The Labute approximate surface area is 197 Å². The van der Waals surface area contributed by atoms with E-state index in [4.69, 9.17) is 10.00 Å². The van der Waals surface area contributed by atoms with Crippen LogP contribution in [0.2, 0.25) is 0 Å². The highest BCUT2D eigenvalue weighted by atomic mass is 32.2. The molecule has 2 fully saturated rings. The number of hydrogen-bond donors (Lipinski definition) is 0. The Morgan fingerprint density at radius 3 is 2.29 bits per heavy atom. The predicted octanol–water partition coefficient (Wildman–Crippen LogP) is 3.38. The van der Waals surface area contributed by atoms with Gasteiger partial charge in [0, 0.05) is 38.1 Å². The number of carbonyl (C=O) groups excluding carboxylic acids is 1. The molecule has 0 bridgehead atoms. The van der Waals surface area contributed by atoms with Crippen LogP contribution in [0.3, 0.4) is 0 Å². The lowest BCUT2D eigenvalue weighted by molar-refractivity contribution is 0.0739. The van der Waals surface area contributed by atoms with Crippen LogP contribution in [0.15, 0.2) is 35.2 Å². The number of benzene rings is 2. The zero-order chi connectivity index (χ0) is 24.5. The molecule has 34 heavy (non-hydrogen) atoms. The first-order valence-electron chi connectivity index (χ1n) is 11.1. The van der Waals surface area contributed by atoms with E-state index in [1.165, 1.54) is 24.3 Å². The van der Waals surface area contributed by atoms with Crippen LogP contribution >= 0.6 is 0 Å². The average molecular weight is 490 g/mol. The van der Waals surface area contributed by atoms with Crippen molar-refractivity contribution in [2.24, 2.45) is 5.92 Å². The number of piperazine rings is 1. The van der Waals surface area contributed by atoms with Crippen molar-refractivity contribution in [2.45, 2.75) is 24.2 Å². The molecule has 1 saturated carbocycles. The third-order valence-corrected chi connectivity index (χ3v) is 7.49. The summed E-state index contributed by atoms with van der Waals surface area (Å²) in [6, 6.07) is 8.05. The molecule has 0 N–H and O–H groups in total. The number of nitrogens with zero attached hydrogens (tertiary/aromatic N) is 3. The minimum atomic E-state index is -3.52. The van der Waals surface area contributed by atoms with Crippen LogP contribution in [-0.2, 0) is 9.84 Å². The molecule has 2 aromatic rings. The van der Waals surface area contributed by atoms with Gasteiger partial charge >= 0.3 is 0 Å². The maximum atomic E-state index is 14.0. The molecule has 0 spiro atoms. The summed E-state index contributed by atoms with van der Waals surface area (Å²) in [5, 5.41) is 8.85. The van der Waals surface area contributed by atoms with E-state index in [2.05, 4.69) is 0 Å². The fourth-order valence-electron chi connectivity index (χ4n) is 4.09. The highest BCUT2D eigenvalue weighted by Gasteiger charge is 2.27. The first-order chi connectivity index (χ1) is 16.2. The van der Waals surface area contributed by atoms with Crippen molar-refractivity contribution in [3.8, 4) is 11.8 Å². The first-order valence-corrected chi connectivity index (χ1v) is 13.0. The second-order valence-electron chi connectivity index (χ2n) is 8.71. The molecular weight excluding hydrogens is 464 g/mol. The zero-order valence-electron chi connectivity index (χ0n) is 18.8. The Kier molecular flexibility index (Phi) is 6.75. The normalized spacial score (nSPS) is 16.6. The summed E-state index contributed by atoms with van der Waals surface area (Å²) in [6.45, 7) is 1.66. The number of sulfone groups is 1. The minimum absolute atomic E-state index is 0.0361. The van der Waals surface area contributed by atoms with Crippen molar-refractivity contribution in [1.82, 2.24) is 4.90 Å². The van der Waals surface area contributed by atoms with E-state index in [1.807, 2.05) is 0 Å². The fraction of sp³-hybridized carbons (Fsp3) is 0.417. The van der Waals surface area contributed by atoms with Crippen LogP contribution in [0.4, 0.5) is 14.5 Å². The number of carbonyl (C=O) groups is 1. The maximum Gasteiger partial charge on any atom is 0.257 e. The van der Waals surface area contributed by atoms with E-state index in [-0.39, 0.29) is 29.5 Å². The highest BCUT2D eigenvalue weighted by Crippen LogP contribution is 2.30. The number of nitriles is 1. The van der Waals surface area contributed by atoms with Gasteiger partial charge in [0.2, 0.25) is 0 Å². The van der Waals surface area contributed by atoms with Crippen molar-refractivity contribution in [3.05, 3.63) is 53.1 Å². The van der Waals surface area contributed by atoms with Gasteiger partial charge in [-0.2, -0.15) is 5.26 Å². The molecule has 2 aliphatic rings. The van der Waals surface area contributed by atoms with Gasteiger partial charge in [0.05, 0.1) is 17.1 Å². The second-order valence-corrected chi connectivity index (χ2v) is 10.7. The zero-order valence-corrected chi connectivity index (χ0v) is 19.6. The van der Waals surface area contributed by atoms with Crippen LogP contribution < -0.4 is 9.64 Å². The summed E-state index contributed by atoms with van der Waals surface area (Å²) in [4.78, 5) is 16.7. The SMILES string of the molecule is CS(=O)(=O)c1ccc(OCC2CCC2)c(C(=O)N2CCN(c3cc(F)c(C#N)c(F)c3)CC2)c1. The van der Waals surface area contributed by atoms with Gasteiger partial charge in [0.1, 0.15) is 29.0 Å². The standard InChI is InChI=1S/C24H25F2N3O4S/c1-34(31,32)18-5-6-23(33-15-16-3-2-4-16)19(13-18)24(30)29-9-7-28(8-10-29)17-11-21(25)20(14-27)22(26)12-17/h5-6,11-13,16H,2-4,7-10,15H2,1H3. The number of rotatable bonds is 6. The summed E-state index contributed by atoms with van der Waals surface area (Å²) in [5.41, 5.74) is -0.145. The Hall–Kier alpha value is -3.19. The molecule has 0 atom stereocenters. The van der Waals surface area contributed by atoms with Crippen LogP contribution in [0.1, 0.15) is 35.2 Å². The van der Waals surface area contributed by atoms with E-state index >= 15 is 0 Å². The lowest BCUT2D eigenvalue weighted by Gasteiger charge is -2.36. The molecule has 2 aromatic carbocycles. The van der Waals surface area contributed by atoms with E-state index in [0.717, 1.165) is 37.7 Å². The second kappa shape index (κ2) is 9.58. The molecule has 10 heteroatoms. The maximum absolute atomic E-state index is 14.0. The molecule has 0 unspecified atom stereocenters. The quantitative estimate of drug-likeness (QED) is 0.618. The molecule has 180 valence electrons. The molecule has 7 nitrogen and oxygen atoms in total. The van der Waals surface area contributed by atoms with Crippen molar-refractivity contribution in [1.29, 1.82) is 5.26 Å². The van der Waals surface area contributed by atoms with E-state index in [1.54, 1.807) is 9.80 Å². The van der Waals surface area contributed by atoms with Crippen LogP contribution in [0, 0.1) is 28.9 Å².